The highest BCUT2D eigenvalue weighted by Crippen LogP contribution is 2.58. The van der Waals surface area contributed by atoms with Crippen LogP contribution < -0.4 is 14.2 Å². The fraction of sp³-hybridized carbons (Fsp3) is 0.227. The summed E-state index contributed by atoms with van der Waals surface area (Å²) in [4.78, 5) is 12.9. The molecule has 1 aliphatic heterocycles. The van der Waals surface area contributed by atoms with Crippen molar-refractivity contribution >= 4 is 27.3 Å². The monoisotopic (exact) mass is 457 g/mol. The standard InChI is InChI=1S/C22H19NO6S2/c1-13-20(14-5-3-2-4-6-14)22(13,21(24)25)23-31(26,27)19-10-9-18(30-19)15-7-8-16-17(11-15)29-12-28-16/h2-11,13,20,23H,12H2,1H3,(H,24,25)/t13?,20-,22+/m1/s1. The summed E-state index contributed by atoms with van der Waals surface area (Å²) in [6.45, 7) is 1.91. The number of hydrogen-bond acceptors (Lipinski definition) is 6. The van der Waals surface area contributed by atoms with E-state index >= 15 is 0 Å². The zero-order valence-electron chi connectivity index (χ0n) is 16.4. The molecule has 0 spiro atoms. The maximum absolute atomic E-state index is 13.1. The molecule has 1 fully saturated rings. The van der Waals surface area contributed by atoms with Crippen LogP contribution in [0.3, 0.4) is 0 Å². The van der Waals surface area contributed by atoms with Gasteiger partial charge in [0.05, 0.1) is 0 Å². The van der Waals surface area contributed by atoms with Gasteiger partial charge in [-0.3, -0.25) is 4.79 Å². The summed E-state index contributed by atoms with van der Waals surface area (Å²) in [6, 6.07) is 17.7. The van der Waals surface area contributed by atoms with E-state index in [1.807, 2.05) is 36.4 Å². The molecule has 1 unspecified atom stereocenters. The highest BCUT2D eigenvalue weighted by Gasteiger charge is 2.70. The molecule has 0 bridgehead atoms. The van der Waals surface area contributed by atoms with Crippen LogP contribution >= 0.6 is 11.3 Å². The summed E-state index contributed by atoms with van der Waals surface area (Å²) >= 11 is 1.08. The van der Waals surface area contributed by atoms with Gasteiger partial charge in [0.25, 0.3) is 10.0 Å². The lowest BCUT2D eigenvalue weighted by Crippen LogP contribution is -2.45. The minimum absolute atomic E-state index is 0.0618. The number of carboxylic acids is 1. The van der Waals surface area contributed by atoms with Gasteiger partial charge in [0.15, 0.2) is 11.5 Å². The normalized spacial score (nSPS) is 24.2. The van der Waals surface area contributed by atoms with E-state index in [-0.39, 0.29) is 16.9 Å². The molecule has 2 aliphatic rings. The third-order valence-electron chi connectivity index (χ3n) is 5.92. The molecule has 160 valence electrons. The predicted octanol–water partition coefficient (Wildman–Crippen LogP) is 3.68. The van der Waals surface area contributed by atoms with Gasteiger partial charge in [-0.1, -0.05) is 37.3 Å². The van der Waals surface area contributed by atoms with Gasteiger partial charge in [0, 0.05) is 10.8 Å². The Balaban J connectivity index is 1.44. The quantitative estimate of drug-likeness (QED) is 0.586. The van der Waals surface area contributed by atoms with Gasteiger partial charge in [-0.15, -0.1) is 11.3 Å². The van der Waals surface area contributed by atoms with E-state index in [1.165, 1.54) is 6.07 Å². The lowest BCUT2D eigenvalue weighted by molar-refractivity contribution is -0.140. The summed E-state index contributed by atoms with van der Waals surface area (Å²) in [6.07, 6.45) is 0. The predicted molar refractivity (Wildman–Crippen MR) is 115 cm³/mol. The molecule has 31 heavy (non-hydrogen) atoms. The average Bonchev–Trinajstić information content (AvgIpc) is 3.18. The van der Waals surface area contributed by atoms with Gasteiger partial charge in [-0.25, -0.2) is 8.42 Å². The first-order chi connectivity index (χ1) is 14.8. The van der Waals surface area contributed by atoms with Gasteiger partial charge < -0.3 is 14.6 Å². The second kappa shape index (κ2) is 7.08. The van der Waals surface area contributed by atoms with Crippen LogP contribution in [0.5, 0.6) is 11.5 Å². The fourth-order valence-corrected chi connectivity index (χ4v) is 7.00. The van der Waals surface area contributed by atoms with Gasteiger partial charge in [0.2, 0.25) is 6.79 Å². The van der Waals surface area contributed by atoms with Crippen LogP contribution in [0.2, 0.25) is 0 Å². The maximum Gasteiger partial charge on any atom is 0.325 e. The molecule has 2 heterocycles. The van der Waals surface area contributed by atoms with Crippen molar-refractivity contribution in [3.8, 4) is 21.9 Å². The van der Waals surface area contributed by atoms with E-state index in [1.54, 1.807) is 25.1 Å². The molecule has 3 aromatic rings. The summed E-state index contributed by atoms with van der Waals surface area (Å²) in [5.74, 6) is -0.738. The SMILES string of the molecule is CC1[C@H](c2ccccc2)[C@]1(NS(=O)(=O)c1ccc(-c2ccc3c(c2)OCO3)s1)C(=O)O. The molecule has 2 N–H and O–H groups in total. The highest BCUT2D eigenvalue weighted by atomic mass is 32.2. The molecule has 9 heteroatoms. The Hall–Kier alpha value is -2.88. The molecule has 0 radical (unpaired) electrons. The summed E-state index contributed by atoms with van der Waals surface area (Å²) in [7, 11) is -4.04. The van der Waals surface area contributed by atoms with Gasteiger partial charge in [-0.05, 0) is 47.4 Å². The molecule has 7 nitrogen and oxygen atoms in total. The van der Waals surface area contributed by atoms with Crippen LogP contribution in [0.1, 0.15) is 18.4 Å². The molecule has 5 rings (SSSR count). The Kier molecular flexibility index (Phi) is 4.58. The summed E-state index contributed by atoms with van der Waals surface area (Å²) in [5, 5.41) is 9.94. The average molecular weight is 458 g/mol. The molecule has 1 saturated carbocycles. The third kappa shape index (κ3) is 3.20. The second-order valence-electron chi connectivity index (χ2n) is 7.64. The van der Waals surface area contributed by atoms with Gasteiger partial charge >= 0.3 is 5.97 Å². The van der Waals surface area contributed by atoms with Crippen LogP contribution in [-0.2, 0) is 14.8 Å². The highest BCUT2D eigenvalue weighted by molar-refractivity contribution is 7.91. The van der Waals surface area contributed by atoms with Crippen molar-refractivity contribution in [2.45, 2.75) is 22.6 Å². The molecular weight excluding hydrogens is 438 g/mol. The first-order valence-electron chi connectivity index (χ1n) is 9.65. The molecule has 2 aromatic carbocycles. The number of fused-ring (bicyclic) bond motifs is 1. The minimum Gasteiger partial charge on any atom is -0.480 e. The van der Waals surface area contributed by atoms with E-state index in [0.717, 1.165) is 27.3 Å². The zero-order chi connectivity index (χ0) is 21.8. The van der Waals surface area contributed by atoms with E-state index in [9.17, 15) is 18.3 Å². The van der Waals surface area contributed by atoms with E-state index < -0.39 is 27.4 Å². The fourth-order valence-electron chi connectivity index (χ4n) is 4.24. The van der Waals surface area contributed by atoms with Crippen molar-refractivity contribution < 1.29 is 27.8 Å². The lowest BCUT2D eigenvalue weighted by atomic mass is 10.1. The zero-order valence-corrected chi connectivity index (χ0v) is 18.1. The number of ether oxygens (including phenoxy) is 2. The van der Waals surface area contributed by atoms with Crippen LogP contribution in [0, 0.1) is 5.92 Å². The Morgan fingerprint density at radius 1 is 1.10 bits per heavy atom. The van der Waals surface area contributed by atoms with Crippen molar-refractivity contribution in [3.63, 3.8) is 0 Å². The van der Waals surface area contributed by atoms with Crippen LogP contribution in [-0.4, -0.2) is 31.8 Å². The number of nitrogens with one attached hydrogen (secondary N) is 1. The van der Waals surface area contributed by atoms with Gasteiger partial charge in [-0.2, -0.15) is 4.72 Å². The number of sulfonamides is 1. The molecule has 0 amide bonds. The van der Waals surface area contributed by atoms with E-state index in [2.05, 4.69) is 4.72 Å². The van der Waals surface area contributed by atoms with E-state index in [4.69, 9.17) is 9.47 Å². The number of benzene rings is 2. The molecule has 0 saturated heterocycles. The number of hydrogen-bond donors (Lipinski definition) is 2. The number of rotatable bonds is 6. The number of thiophene rings is 1. The molecule has 3 atom stereocenters. The minimum atomic E-state index is -4.04. The Morgan fingerprint density at radius 2 is 1.84 bits per heavy atom. The van der Waals surface area contributed by atoms with Gasteiger partial charge in [0.1, 0.15) is 9.75 Å². The van der Waals surface area contributed by atoms with E-state index in [0.29, 0.717) is 11.5 Å². The lowest BCUT2D eigenvalue weighted by Gasteiger charge is -2.15. The van der Waals surface area contributed by atoms with Crippen molar-refractivity contribution in [2.24, 2.45) is 5.92 Å². The largest absolute Gasteiger partial charge is 0.480 e. The van der Waals surface area contributed by atoms with Crippen LogP contribution in [0.4, 0.5) is 0 Å². The topological polar surface area (TPSA) is 102 Å². The third-order valence-corrected chi connectivity index (χ3v) is 9.03. The summed E-state index contributed by atoms with van der Waals surface area (Å²) < 4.78 is 39.5. The Labute approximate surface area is 183 Å². The Bertz CT molecular complexity index is 1270. The number of aliphatic carboxylic acids is 1. The molecular formula is C22H19NO6S2. The maximum atomic E-state index is 13.1. The van der Waals surface area contributed by atoms with Crippen molar-refractivity contribution in [1.29, 1.82) is 0 Å². The second-order valence-corrected chi connectivity index (χ2v) is 10.6. The first-order valence-corrected chi connectivity index (χ1v) is 11.9. The van der Waals surface area contributed by atoms with Crippen molar-refractivity contribution in [3.05, 3.63) is 66.2 Å². The Morgan fingerprint density at radius 3 is 2.58 bits per heavy atom. The van der Waals surface area contributed by atoms with Crippen LogP contribution in [0.15, 0.2) is 64.9 Å². The number of carboxylic acid groups (broad SMARTS) is 1. The van der Waals surface area contributed by atoms with Crippen molar-refractivity contribution in [2.75, 3.05) is 6.79 Å². The summed E-state index contributed by atoms with van der Waals surface area (Å²) in [5.41, 5.74) is 0.0289. The number of carbonyl (C=O) groups is 1. The smallest absolute Gasteiger partial charge is 0.325 e. The van der Waals surface area contributed by atoms with Crippen LogP contribution in [0.25, 0.3) is 10.4 Å². The molecule has 1 aromatic heterocycles. The molecule has 1 aliphatic carbocycles. The van der Waals surface area contributed by atoms with Crippen molar-refractivity contribution in [1.82, 2.24) is 4.72 Å². The first kappa shape index (κ1) is 20.0.